The van der Waals surface area contributed by atoms with E-state index in [2.05, 4.69) is 5.10 Å². The van der Waals surface area contributed by atoms with Crippen molar-refractivity contribution in [1.82, 2.24) is 4.68 Å². The minimum Gasteiger partial charge on any atom is -0.248 e. The van der Waals surface area contributed by atoms with Crippen LogP contribution in [0.3, 0.4) is 0 Å². The van der Waals surface area contributed by atoms with Crippen molar-refractivity contribution in [1.29, 1.82) is 0 Å². The Labute approximate surface area is 77.1 Å². The van der Waals surface area contributed by atoms with Crippen LogP contribution < -0.4 is 0 Å². The van der Waals surface area contributed by atoms with Gasteiger partial charge < -0.3 is 0 Å². The van der Waals surface area contributed by atoms with Crippen molar-refractivity contribution < 1.29 is 0 Å². The average Bonchev–Trinajstić information content (AvgIpc) is 2.69. The highest BCUT2D eigenvalue weighted by Crippen LogP contribution is 1.95. The van der Waals surface area contributed by atoms with E-state index >= 15 is 0 Å². The van der Waals surface area contributed by atoms with Gasteiger partial charge in [-0.15, -0.1) is 0 Å². The van der Waals surface area contributed by atoms with E-state index < -0.39 is 0 Å². The normalized spacial score (nSPS) is 10.8. The summed E-state index contributed by atoms with van der Waals surface area (Å²) in [4.78, 5) is 0. The second kappa shape index (κ2) is 3.72. The predicted octanol–water partition coefficient (Wildman–Crippen LogP) is 2.37. The summed E-state index contributed by atoms with van der Waals surface area (Å²) in [6, 6.07) is 13.9. The maximum absolute atomic E-state index is 4.23. The van der Waals surface area contributed by atoms with Crippen LogP contribution in [0, 0.1) is 0 Å². The first-order valence-electron chi connectivity index (χ1n) is 4.17. The zero-order valence-electron chi connectivity index (χ0n) is 7.17. The lowest BCUT2D eigenvalue weighted by Gasteiger charge is -1.92. The van der Waals surface area contributed by atoms with E-state index in [0.29, 0.717) is 0 Å². The van der Waals surface area contributed by atoms with Gasteiger partial charge in [-0.05, 0) is 17.7 Å². The Morgan fingerprint density at radius 3 is 2.31 bits per heavy atom. The van der Waals surface area contributed by atoms with E-state index in [-0.39, 0.29) is 0 Å². The minimum absolute atomic E-state index is 1.11. The lowest BCUT2D eigenvalue weighted by molar-refractivity contribution is 0.894. The molecule has 13 heavy (non-hydrogen) atoms. The van der Waals surface area contributed by atoms with Crippen molar-refractivity contribution in [3.63, 3.8) is 0 Å². The van der Waals surface area contributed by atoms with Crippen molar-refractivity contribution >= 4 is 6.21 Å². The minimum atomic E-state index is 1.11. The summed E-state index contributed by atoms with van der Waals surface area (Å²) in [5, 5.41) is 4.23. The van der Waals surface area contributed by atoms with Crippen LogP contribution >= 0.6 is 0 Å². The highest BCUT2D eigenvalue weighted by molar-refractivity contribution is 5.79. The SMILES string of the molecule is C(=Nn1cccc1)c1ccccc1. The molecule has 0 radical (unpaired) electrons. The standard InChI is InChI=1S/C11H10N2/c1-2-6-11(7-3-1)10-12-13-8-4-5-9-13/h1-10H. The third kappa shape index (κ3) is 2.06. The van der Waals surface area contributed by atoms with Crippen LogP contribution in [0.15, 0.2) is 60.0 Å². The van der Waals surface area contributed by atoms with Crippen LogP contribution in [0.25, 0.3) is 0 Å². The van der Waals surface area contributed by atoms with Crippen LogP contribution in [0.4, 0.5) is 0 Å². The molecule has 0 amide bonds. The molecule has 64 valence electrons. The predicted molar refractivity (Wildman–Crippen MR) is 53.9 cm³/mol. The molecule has 2 rings (SSSR count). The smallest absolute Gasteiger partial charge is 0.0550 e. The van der Waals surface area contributed by atoms with Gasteiger partial charge in [-0.1, -0.05) is 30.3 Å². The zero-order valence-corrected chi connectivity index (χ0v) is 7.17. The van der Waals surface area contributed by atoms with Gasteiger partial charge in [0.25, 0.3) is 0 Å². The highest BCUT2D eigenvalue weighted by atomic mass is 15.3. The van der Waals surface area contributed by atoms with E-state index in [4.69, 9.17) is 0 Å². The summed E-state index contributed by atoms with van der Waals surface area (Å²) in [5.41, 5.74) is 1.11. The molecule has 1 aromatic carbocycles. The second-order valence-corrected chi connectivity index (χ2v) is 2.72. The Morgan fingerprint density at radius 1 is 0.923 bits per heavy atom. The third-order valence-corrected chi connectivity index (χ3v) is 1.73. The summed E-state index contributed by atoms with van der Waals surface area (Å²) < 4.78 is 1.77. The molecule has 0 atom stereocenters. The van der Waals surface area contributed by atoms with Gasteiger partial charge in [0.05, 0.1) is 6.21 Å². The third-order valence-electron chi connectivity index (χ3n) is 1.73. The van der Waals surface area contributed by atoms with Crippen LogP contribution in [-0.2, 0) is 0 Å². The van der Waals surface area contributed by atoms with Crippen molar-refractivity contribution in [2.75, 3.05) is 0 Å². The fourth-order valence-corrected chi connectivity index (χ4v) is 1.07. The van der Waals surface area contributed by atoms with Crippen molar-refractivity contribution in [2.45, 2.75) is 0 Å². The van der Waals surface area contributed by atoms with Crippen molar-refractivity contribution in [3.8, 4) is 0 Å². The Kier molecular flexibility index (Phi) is 2.23. The van der Waals surface area contributed by atoms with Crippen LogP contribution in [-0.4, -0.2) is 10.9 Å². The van der Waals surface area contributed by atoms with E-state index in [1.165, 1.54) is 0 Å². The molecule has 2 aromatic rings. The summed E-state index contributed by atoms with van der Waals surface area (Å²) in [7, 11) is 0. The van der Waals surface area contributed by atoms with E-state index in [1.54, 1.807) is 4.68 Å². The molecule has 2 heteroatoms. The number of hydrogen-bond acceptors (Lipinski definition) is 1. The molecule has 0 bridgehead atoms. The molecule has 0 aliphatic heterocycles. The van der Waals surface area contributed by atoms with Crippen molar-refractivity contribution in [2.24, 2.45) is 5.10 Å². The molecule has 1 aromatic heterocycles. The van der Waals surface area contributed by atoms with Crippen LogP contribution in [0.5, 0.6) is 0 Å². The van der Waals surface area contributed by atoms with Crippen LogP contribution in [0.1, 0.15) is 5.56 Å². The largest absolute Gasteiger partial charge is 0.248 e. The van der Waals surface area contributed by atoms with Gasteiger partial charge in [0.2, 0.25) is 0 Å². The van der Waals surface area contributed by atoms with Gasteiger partial charge in [-0.25, -0.2) is 4.68 Å². The molecular weight excluding hydrogens is 160 g/mol. The molecule has 1 heterocycles. The van der Waals surface area contributed by atoms with E-state index in [1.807, 2.05) is 61.1 Å². The number of rotatable bonds is 2. The Hall–Kier alpha value is -1.83. The lowest BCUT2D eigenvalue weighted by atomic mass is 10.2. The first kappa shape index (κ1) is 7.80. The zero-order chi connectivity index (χ0) is 8.93. The molecule has 0 spiro atoms. The topological polar surface area (TPSA) is 17.3 Å². The van der Waals surface area contributed by atoms with E-state index in [9.17, 15) is 0 Å². The Morgan fingerprint density at radius 2 is 1.62 bits per heavy atom. The number of benzene rings is 1. The van der Waals surface area contributed by atoms with E-state index in [0.717, 1.165) is 5.56 Å². The number of aromatic nitrogens is 1. The molecule has 0 aliphatic carbocycles. The molecule has 0 saturated carbocycles. The second-order valence-electron chi connectivity index (χ2n) is 2.72. The summed E-state index contributed by atoms with van der Waals surface area (Å²) in [5.74, 6) is 0. The lowest BCUT2D eigenvalue weighted by Crippen LogP contribution is -1.85. The Bertz CT molecular complexity index is 374. The highest BCUT2D eigenvalue weighted by Gasteiger charge is 1.83. The number of nitrogens with zero attached hydrogens (tertiary/aromatic N) is 2. The van der Waals surface area contributed by atoms with Gasteiger partial charge in [-0.2, -0.15) is 5.10 Å². The summed E-state index contributed by atoms with van der Waals surface area (Å²) in [6.45, 7) is 0. The first-order chi connectivity index (χ1) is 6.45. The Balaban J connectivity index is 2.15. The maximum atomic E-state index is 4.23. The van der Waals surface area contributed by atoms with Gasteiger partial charge in [-0.3, -0.25) is 0 Å². The van der Waals surface area contributed by atoms with Gasteiger partial charge in [0, 0.05) is 12.4 Å². The average molecular weight is 170 g/mol. The molecule has 0 saturated heterocycles. The molecule has 0 aliphatic rings. The van der Waals surface area contributed by atoms with Crippen molar-refractivity contribution in [3.05, 3.63) is 60.4 Å². The van der Waals surface area contributed by atoms with Gasteiger partial charge >= 0.3 is 0 Å². The molecule has 2 nitrogen and oxygen atoms in total. The fourth-order valence-electron chi connectivity index (χ4n) is 1.07. The van der Waals surface area contributed by atoms with Gasteiger partial charge in [0.1, 0.15) is 0 Å². The fraction of sp³-hybridized carbons (Fsp3) is 0. The van der Waals surface area contributed by atoms with Gasteiger partial charge in [0.15, 0.2) is 0 Å². The quantitative estimate of drug-likeness (QED) is 0.616. The summed E-state index contributed by atoms with van der Waals surface area (Å²) in [6.07, 6.45) is 5.64. The molecular formula is C11H10N2. The van der Waals surface area contributed by atoms with Crippen LogP contribution in [0.2, 0.25) is 0 Å². The first-order valence-corrected chi connectivity index (χ1v) is 4.17. The summed E-state index contributed by atoms with van der Waals surface area (Å²) >= 11 is 0. The number of hydrogen-bond donors (Lipinski definition) is 0. The maximum Gasteiger partial charge on any atom is 0.0550 e. The molecule has 0 fully saturated rings. The molecule has 0 N–H and O–H groups in total. The monoisotopic (exact) mass is 170 g/mol. The molecule has 0 unspecified atom stereocenters.